The highest BCUT2D eigenvalue weighted by Crippen LogP contribution is 2.31. The molecular formula is C21H24FN7O3S. The van der Waals surface area contributed by atoms with E-state index in [2.05, 4.69) is 20.4 Å². The third-order valence-electron chi connectivity index (χ3n) is 5.54. The van der Waals surface area contributed by atoms with E-state index in [0.29, 0.717) is 42.6 Å². The van der Waals surface area contributed by atoms with Gasteiger partial charge in [-0.2, -0.15) is 0 Å². The first-order valence-electron chi connectivity index (χ1n) is 10.3. The van der Waals surface area contributed by atoms with Crippen LogP contribution in [0.2, 0.25) is 0 Å². The summed E-state index contributed by atoms with van der Waals surface area (Å²) in [5, 5.41) is 11.6. The molecule has 1 atom stereocenters. The van der Waals surface area contributed by atoms with Crippen LogP contribution in [0, 0.1) is 5.82 Å². The molecule has 3 aromatic rings. The predicted molar refractivity (Wildman–Crippen MR) is 125 cm³/mol. The number of hydrogen-bond acceptors (Lipinski definition) is 8. The second kappa shape index (κ2) is 9.75. The summed E-state index contributed by atoms with van der Waals surface area (Å²) in [6.45, 7) is 2.88. The van der Waals surface area contributed by atoms with Gasteiger partial charge in [-0.3, -0.25) is 9.69 Å². The van der Waals surface area contributed by atoms with Crippen LogP contribution >= 0.6 is 0 Å². The molecule has 1 unspecified atom stereocenters. The summed E-state index contributed by atoms with van der Waals surface area (Å²) in [6.07, 6.45) is 0. The van der Waals surface area contributed by atoms with Gasteiger partial charge in [0.2, 0.25) is 0 Å². The normalized spacial score (nSPS) is 15.5. The summed E-state index contributed by atoms with van der Waals surface area (Å²) in [7, 11) is 0. The number of amides is 1. The van der Waals surface area contributed by atoms with Crippen LogP contribution in [-0.2, 0) is 17.6 Å². The van der Waals surface area contributed by atoms with Crippen molar-refractivity contribution in [2.45, 2.75) is 6.54 Å². The van der Waals surface area contributed by atoms with Crippen LogP contribution < -0.4 is 21.7 Å². The number of benzene rings is 2. The highest BCUT2D eigenvalue weighted by molar-refractivity contribution is 7.79. The molecule has 1 aromatic heterocycles. The zero-order valence-electron chi connectivity index (χ0n) is 17.7. The van der Waals surface area contributed by atoms with Crippen LogP contribution in [-0.4, -0.2) is 61.8 Å². The van der Waals surface area contributed by atoms with Crippen molar-refractivity contribution in [2.75, 3.05) is 42.3 Å². The average Bonchev–Trinajstić information content (AvgIpc) is 2.80. The molecule has 6 N–H and O–H groups in total. The lowest BCUT2D eigenvalue weighted by Crippen LogP contribution is -2.47. The molecule has 1 aliphatic rings. The van der Waals surface area contributed by atoms with Gasteiger partial charge in [-0.15, -0.1) is 10.2 Å². The van der Waals surface area contributed by atoms with Gasteiger partial charge in [0.1, 0.15) is 11.7 Å². The van der Waals surface area contributed by atoms with Gasteiger partial charge in [-0.05, 0) is 35.9 Å². The van der Waals surface area contributed by atoms with Crippen molar-refractivity contribution in [1.82, 2.24) is 15.1 Å². The molecule has 0 saturated carbocycles. The average molecular weight is 474 g/mol. The number of nitrogens with two attached hydrogens (primary N) is 2. The zero-order chi connectivity index (χ0) is 23.5. The molecule has 0 bridgehead atoms. The molecule has 33 heavy (non-hydrogen) atoms. The molecule has 2 heterocycles. The number of piperazine rings is 1. The molecule has 12 heteroatoms. The highest BCUT2D eigenvalue weighted by atomic mass is 32.2. The number of halogens is 1. The Hall–Kier alpha value is -3.19. The summed E-state index contributed by atoms with van der Waals surface area (Å²) in [5.74, 6) is -1.17. The van der Waals surface area contributed by atoms with E-state index >= 15 is 0 Å². The van der Waals surface area contributed by atoms with Gasteiger partial charge in [0.15, 0.2) is 16.8 Å². The lowest BCUT2D eigenvalue weighted by Gasteiger charge is -2.35. The number of rotatable bonds is 7. The Balaban J connectivity index is 1.65. The van der Waals surface area contributed by atoms with Crippen molar-refractivity contribution in [2.24, 2.45) is 11.5 Å². The fourth-order valence-corrected chi connectivity index (χ4v) is 4.37. The molecule has 4 rings (SSSR count). The molecule has 2 aromatic carbocycles. The maximum absolute atomic E-state index is 14.6. The van der Waals surface area contributed by atoms with E-state index in [1.165, 1.54) is 6.07 Å². The quantitative estimate of drug-likeness (QED) is 0.373. The molecule has 0 aliphatic carbocycles. The van der Waals surface area contributed by atoms with Gasteiger partial charge >= 0.3 is 0 Å². The summed E-state index contributed by atoms with van der Waals surface area (Å²) in [5.41, 5.74) is 13.4. The number of fused-ring (bicyclic) bond motifs is 1. The largest absolute Gasteiger partial charge is 0.369 e. The lowest BCUT2D eigenvalue weighted by molar-refractivity contribution is 0.0995. The first-order valence-corrected chi connectivity index (χ1v) is 11.5. The first kappa shape index (κ1) is 23.0. The fraction of sp³-hybridized carbons (Fsp3) is 0.286. The van der Waals surface area contributed by atoms with Crippen molar-refractivity contribution in [3.05, 3.63) is 53.5 Å². The number of carbonyl (C=O) groups excluding carboxylic acids is 1. The van der Waals surface area contributed by atoms with Gasteiger partial charge in [-0.1, -0.05) is 6.07 Å². The molecule has 10 nitrogen and oxygen atoms in total. The van der Waals surface area contributed by atoms with Gasteiger partial charge in [-0.25, -0.2) is 8.60 Å². The Bertz CT molecular complexity index is 1220. The molecule has 1 aliphatic heterocycles. The third kappa shape index (κ3) is 5.09. The van der Waals surface area contributed by atoms with Gasteiger partial charge in [0.05, 0.1) is 16.9 Å². The Kier molecular flexibility index (Phi) is 6.79. The first-order chi connectivity index (χ1) is 15.9. The van der Waals surface area contributed by atoms with Crippen molar-refractivity contribution < 1.29 is 17.9 Å². The van der Waals surface area contributed by atoms with Crippen molar-refractivity contribution >= 4 is 45.0 Å². The van der Waals surface area contributed by atoms with Crippen LogP contribution in [0.25, 0.3) is 10.9 Å². The molecule has 1 saturated heterocycles. The molecule has 1 amide bonds. The minimum atomic E-state index is -1.86. The lowest BCUT2D eigenvalue weighted by atomic mass is 10.1. The summed E-state index contributed by atoms with van der Waals surface area (Å²) in [6, 6.07) is 10.1. The minimum Gasteiger partial charge on any atom is -0.369 e. The Labute approximate surface area is 192 Å². The SMILES string of the molecule is NCc1ccc(Nc2c(C(N)=O)nnc3cc(N4CCN(CS(=O)O)CC4)ccc23)c(F)c1. The number of aromatic nitrogens is 2. The maximum atomic E-state index is 14.6. The van der Waals surface area contributed by atoms with Gasteiger partial charge in [0.25, 0.3) is 5.91 Å². The number of nitrogens with one attached hydrogen (secondary N) is 1. The zero-order valence-corrected chi connectivity index (χ0v) is 18.5. The van der Waals surface area contributed by atoms with Crippen LogP contribution in [0.1, 0.15) is 16.1 Å². The molecule has 0 spiro atoms. The molecular weight excluding hydrogens is 449 g/mol. The van der Waals surface area contributed by atoms with Crippen LogP contribution in [0.5, 0.6) is 0 Å². The molecule has 1 fully saturated rings. The Morgan fingerprint density at radius 1 is 1.15 bits per heavy atom. The van der Waals surface area contributed by atoms with E-state index in [9.17, 15) is 13.4 Å². The van der Waals surface area contributed by atoms with Gasteiger partial charge in [0, 0.05) is 43.8 Å². The number of anilines is 3. The van der Waals surface area contributed by atoms with E-state index in [-0.39, 0.29) is 29.5 Å². The summed E-state index contributed by atoms with van der Waals surface area (Å²) in [4.78, 5) is 16.0. The summed E-state index contributed by atoms with van der Waals surface area (Å²) < 4.78 is 34.7. The van der Waals surface area contributed by atoms with Crippen molar-refractivity contribution in [1.29, 1.82) is 0 Å². The second-order valence-electron chi connectivity index (χ2n) is 7.69. The van der Waals surface area contributed by atoms with E-state index in [4.69, 9.17) is 16.0 Å². The number of hydrogen-bond donors (Lipinski definition) is 4. The van der Waals surface area contributed by atoms with Crippen LogP contribution in [0.4, 0.5) is 21.5 Å². The third-order valence-corrected chi connectivity index (χ3v) is 6.12. The minimum absolute atomic E-state index is 0.0943. The van der Waals surface area contributed by atoms with Gasteiger partial charge < -0.3 is 26.2 Å². The Morgan fingerprint density at radius 3 is 2.55 bits per heavy atom. The fourth-order valence-electron chi connectivity index (χ4n) is 3.80. The van der Waals surface area contributed by atoms with Crippen molar-refractivity contribution in [3.63, 3.8) is 0 Å². The highest BCUT2D eigenvalue weighted by Gasteiger charge is 2.21. The van der Waals surface area contributed by atoms with E-state index in [1.54, 1.807) is 18.2 Å². The van der Waals surface area contributed by atoms with Crippen LogP contribution in [0.3, 0.4) is 0 Å². The maximum Gasteiger partial charge on any atom is 0.271 e. The number of nitrogens with zero attached hydrogens (tertiary/aromatic N) is 4. The summed E-state index contributed by atoms with van der Waals surface area (Å²) >= 11 is -1.86. The number of carbonyl (C=O) groups is 1. The monoisotopic (exact) mass is 473 g/mol. The van der Waals surface area contributed by atoms with Crippen molar-refractivity contribution in [3.8, 4) is 0 Å². The predicted octanol–water partition coefficient (Wildman–Crippen LogP) is 1.37. The Morgan fingerprint density at radius 2 is 1.91 bits per heavy atom. The van der Waals surface area contributed by atoms with Crippen LogP contribution in [0.15, 0.2) is 36.4 Å². The standard InChI is InChI=1S/C21H24FN7O3S/c22-16-9-13(11-23)1-4-17(16)25-19-15-3-2-14(10-18(15)26-27-20(19)21(24)30)29-7-5-28(6-8-29)12-33(31)32/h1-4,9-10H,5-8,11-12,23H2,(H2,24,30)(H,25,26)(H,31,32). The number of primary amides is 1. The second-order valence-corrected chi connectivity index (χ2v) is 8.59. The molecule has 174 valence electrons. The van der Waals surface area contributed by atoms with E-state index < -0.39 is 22.8 Å². The molecule has 0 radical (unpaired) electrons. The van der Waals surface area contributed by atoms with E-state index in [1.807, 2.05) is 17.0 Å². The smallest absolute Gasteiger partial charge is 0.271 e. The topological polar surface area (TPSA) is 151 Å². The van der Waals surface area contributed by atoms with E-state index in [0.717, 1.165) is 5.69 Å².